The SMILES string of the molecule is CC(=O)N[C@@H]1[C@@H](O)[C@H](O)[C@@H](CO)O[C@H]1COC[C@H]1[C@H](O)[C@@H](NC(C)=O)[C@H](COC[C@H]2[C@H](O)[C@H](n3ccc(N)nc3=O)O[C@@H]2CO)O[C@@H]1CO. The zero-order valence-electron chi connectivity index (χ0n) is 27.1. The minimum absolute atomic E-state index is 0.0173. The Bertz CT molecular complexity index is 1310. The molecule has 0 spiro atoms. The molecule has 1 aromatic heterocycles. The van der Waals surface area contributed by atoms with Crippen LogP contribution in [0.25, 0.3) is 0 Å². The van der Waals surface area contributed by atoms with Crippen molar-refractivity contribution in [2.24, 2.45) is 11.8 Å². The van der Waals surface area contributed by atoms with Crippen LogP contribution in [0.5, 0.6) is 0 Å². The number of ether oxygens (including phenoxy) is 5. The Morgan fingerprint density at radius 3 is 1.76 bits per heavy atom. The maximum Gasteiger partial charge on any atom is 0.351 e. The molecule has 278 valence electrons. The summed E-state index contributed by atoms with van der Waals surface area (Å²) in [5.74, 6) is -2.74. The fourth-order valence-corrected chi connectivity index (χ4v) is 6.47. The van der Waals surface area contributed by atoms with Crippen molar-refractivity contribution in [1.82, 2.24) is 20.2 Å². The molecule has 4 heterocycles. The van der Waals surface area contributed by atoms with Crippen molar-refractivity contribution in [3.05, 3.63) is 22.7 Å². The number of hydrogen-bond acceptors (Lipinski definition) is 17. The van der Waals surface area contributed by atoms with Crippen molar-refractivity contribution < 1.29 is 69.0 Å². The average Bonchev–Trinajstić information content (AvgIpc) is 3.36. The third kappa shape index (κ3) is 9.09. The second kappa shape index (κ2) is 17.4. The van der Waals surface area contributed by atoms with E-state index in [0.29, 0.717) is 0 Å². The molecule has 0 radical (unpaired) electrons. The highest BCUT2D eigenvalue weighted by Crippen LogP contribution is 2.34. The Morgan fingerprint density at radius 2 is 1.24 bits per heavy atom. The van der Waals surface area contributed by atoms with E-state index in [2.05, 4.69) is 15.6 Å². The Balaban J connectivity index is 1.39. The first kappa shape index (κ1) is 38.9. The molecular weight excluding hydrogens is 658 g/mol. The van der Waals surface area contributed by atoms with Crippen molar-refractivity contribution in [3.63, 3.8) is 0 Å². The van der Waals surface area contributed by atoms with Crippen LogP contribution in [0.3, 0.4) is 0 Å². The largest absolute Gasteiger partial charge is 0.394 e. The monoisotopic (exact) mass is 705 g/mol. The fourth-order valence-electron chi connectivity index (χ4n) is 6.47. The second-order valence-electron chi connectivity index (χ2n) is 12.4. The van der Waals surface area contributed by atoms with Gasteiger partial charge in [-0.25, -0.2) is 4.79 Å². The van der Waals surface area contributed by atoms with Crippen LogP contribution < -0.4 is 22.1 Å². The molecule has 3 aliphatic rings. The summed E-state index contributed by atoms with van der Waals surface area (Å²) < 4.78 is 30.1. The van der Waals surface area contributed by atoms with Gasteiger partial charge in [-0.1, -0.05) is 0 Å². The van der Waals surface area contributed by atoms with E-state index in [1.807, 2.05) is 0 Å². The normalized spacial score (nSPS) is 37.9. The zero-order valence-corrected chi connectivity index (χ0v) is 27.1. The second-order valence-corrected chi connectivity index (χ2v) is 12.4. The lowest BCUT2D eigenvalue weighted by Crippen LogP contribution is -2.65. The third-order valence-electron chi connectivity index (χ3n) is 9.00. The Labute approximate surface area is 280 Å². The molecule has 4 rings (SSSR count). The van der Waals surface area contributed by atoms with E-state index in [0.717, 1.165) is 4.57 Å². The smallest absolute Gasteiger partial charge is 0.351 e. The van der Waals surface area contributed by atoms with E-state index in [-0.39, 0.29) is 32.2 Å². The first-order chi connectivity index (χ1) is 23.3. The molecule has 14 atom stereocenters. The van der Waals surface area contributed by atoms with Crippen LogP contribution in [0.15, 0.2) is 17.1 Å². The molecule has 3 aliphatic heterocycles. The molecule has 20 heteroatoms. The first-order valence-corrected chi connectivity index (χ1v) is 15.9. The number of carbonyl (C=O) groups is 2. The number of carbonyl (C=O) groups excluding carboxylic acids is 2. The predicted octanol–water partition coefficient (Wildman–Crippen LogP) is -6.05. The van der Waals surface area contributed by atoms with Gasteiger partial charge in [-0.2, -0.15) is 4.98 Å². The van der Waals surface area contributed by atoms with Crippen LogP contribution in [0, 0.1) is 11.8 Å². The van der Waals surface area contributed by atoms with Crippen LogP contribution in [0.2, 0.25) is 0 Å². The number of amides is 2. The van der Waals surface area contributed by atoms with E-state index >= 15 is 0 Å². The molecule has 0 bridgehead atoms. The molecule has 3 fully saturated rings. The van der Waals surface area contributed by atoms with Gasteiger partial charge in [0.05, 0.1) is 76.6 Å². The zero-order chi connectivity index (χ0) is 36.0. The number of nitrogens with zero attached hydrogens (tertiary/aromatic N) is 2. The van der Waals surface area contributed by atoms with E-state index in [1.54, 1.807) is 0 Å². The number of hydrogen-bond donors (Lipinski definition) is 10. The van der Waals surface area contributed by atoms with Crippen molar-refractivity contribution in [2.75, 3.05) is 52.0 Å². The minimum Gasteiger partial charge on any atom is -0.394 e. The van der Waals surface area contributed by atoms with Gasteiger partial charge < -0.3 is 75.8 Å². The molecule has 0 unspecified atom stereocenters. The van der Waals surface area contributed by atoms with Crippen molar-refractivity contribution in [1.29, 1.82) is 0 Å². The number of nitrogens with one attached hydrogen (secondary N) is 2. The Morgan fingerprint density at radius 1 is 0.755 bits per heavy atom. The number of aliphatic hydroxyl groups is 7. The molecular formula is C29H47N5O15. The standard InChI is InChI=1S/C29H47N5O15/c1-12(38)31-22-19(10-46-9-15-17(6-36)49-28(25(15)41)34-4-3-21(30)33-29(34)44)47-16(5-35)14(24(22)40)8-45-11-20-23(32-13(2)39)27(43)26(42)18(7-37)48-20/h3-4,14-20,22-28,35-37,40-43H,5-11H2,1-2H3,(H,31,38)(H,32,39)(H2,30,33,44)/t14-,15-,16-,17-,18-,19+,20+,22+,23+,24+,25+,26-,27-,28-/m1/s1. The van der Waals surface area contributed by atoms with Crippen LogP contribution in [0.4, 0.5) is 5.82 Å². The van der Waals surface area contributed by atoms with E-state index in [9.17, 15) is 50.1 Å². The number of nitrogen functional groups attached to an aromatic ring is 1. The summed E-state index contributed by atoms with van der Waals surface area (Å²) in [6.07, 6.45) is -10.5. The van der Waals surface area contributed by atoms with Crippen molar-refractivity contribution in [3.8, 4) is 0 Å². The highest BCUT2D eigenvalue weighted by atomic mass is 16.6. The molecule has 11 N–H and O–H groups in total. The summed E-state index contributed by atoms with van der Waals surface area (Å²) >= 11 is 0. The number of aromatic nitrogens is 2. The van der Waals surface area contributed by atoms with E-state index in [1.165, 1.54) is 26.1 Å². The molecule has 1 aromatic rings. The Kier molecular flexibility index (Phi) is 13.8. The van der Waals surface area contributed by atoms with Gasteiger partial charge in [-0.05, 0) is 6.07 Å². The van der Waals surface area contributed by atoms with Crippen molar-refractivity contribution >= 4 is 17.6 Å². The highest BCUT2D eigenvalue weighted by molar-refractivity contribution is 5.73. The maximum absolute atomic E-state index is 12.3. The fraction of sp³-hybridized carbons (Fsp3) is 0.793. The molecule has 2 amide bonds. The lowest BCUT2D eigenvalue weighted by molar-refractivity contribution is -0.217. The quantitative estimate of drug-likeness (QED) is 0.0861. The van der Waals surface area contributed by atoms with Gasteiger partial charge in [0.2, 0.25) is 11.8 Å². The van der Waals surface area contributed by atoms with Crippen LogP contribution in [-0.4, -0.2) is 170 Å². The average molecular weight is 706 g/mol. The predicted molar refractivity (Wildman–Crippen MR) is 163 cm³/mol. The summed E-state index contributed by atoms with van der Waals surface area (Å²) in [5, 5.41) is 77.9. The van der Waals surface area contributed by atoms with Crippen LogP contribution >= 0.6 is 0 Å². The third-order valence-corrected chi connectivity index (χ3v) is 9.00. The van der Waals surface area contributed by atoms with E-state index in [4.69, 9.17) is 29.4 Å². The van der Waals surface area contributed by atoms with Gasteiger partial charge >= 0.3 is 5.69 Å². The number of aliphatic hydroxyl groups excluding tert-OH is 7. The molecule has 0 aromatic carbocycles. The molecule has 49 heavy (non-hydrogen) atoms. The highest BCUT2D eigenvalue weighted by Gasteiger charge is 2.49. The molecule has 0 aliphatic carbocycles. The number of rotatable bonds is 14. The van der Waals surface area contributed by atoms with E-state index < -0.39 is 122 Å². The molecule has 20 nitrogen and oxygen atoms in total. The summed E-state index contributed by atoms with van der Waals surface area (Å²) in [4.78, 5) is 39.8. The van der Waals surface area contributed by atoms with Gasteiger partial charge in [0, 0.05) is 31.9 Å². The van der Waals surface area contributed by atoms with Crippen LogP contribution in [0.1, 0.15) is 20.1 Å². The number of anilines is 1. The summed E-state index contributed by atoms with van der Waals surface area (Å²) in [6.45, 7) is -0.154. The summed E-state index contributed by atoms with van der Waals surface area (Å²) in [6, 6.07) is -0.778. The van der Waals surface area contributed by atoms with Gasteiger partial charge in [0.1, 0.15) is 42.4 Å². The number of nitrogens with two attached hydrogens (primary N) is 1. The Hall–Kier alpha value is -2.86. The lowest BCUT2D eigenvalue weighted by Gasteiger charge is -2.45. The minimum atomic E-state index is -1.48. The van der Waals surface area contributed by atoms with Gasteiger partial charge in [0.15, 0.2) is 6.23 Å². The topological polar surface area (TPSA) is 307 Å². The van der Waals surface area contributed by atoms with Crippen molar-refractivity contribution in [2.45, 2.75) is 87.1 Å². The summed E-state index contributed by atoms with van der Waals surface area (Å²) in [5.41, 5.74) is 4.78. The van der Waals surface area contributed by atoms with Gasteiger partial charge in [0.25, 0.3) is 0 Å². The van der Waals surface area contributed by atoms with Gasteiger partial charge in [-0.15, -0.1) is 0 Å². The van der Waals surface area contributed by atoms with Crippen LogP contribution in [-0.2, 0) is 33.3 Å². The lowest BCUT2D eigenvalue weighted by atomic mass is 9.85. The summed E-state index contributed by atoms with van der Waals surface area (Å²) in [7, 11) is 0. The van der Waals surface area contributed by atoms with Gasteiger partial charge in [-0.3, -0.25) is 14.2 Å². The molecule has 0 saturated carbocycles. The first-order valence-electron chi connectivity index (χ1n) is 15.9. The maximum atomic E-state index is 12.3. The molecule has 3 saturated heterocycles.